The highest BCUT2D eigenvalue weighted by atomic mass is 16.7. The molecule has 2 fully saturated rings. The molecule has 2 nitrogen and oxygen atoms in total. The number of fused-ring (bicyclic) bond motifs is 1. The molecule has 1 saturated heterocycles. The summed E-state index contributed by atoms with van der Waals surface area (Å²) in [7, 11) is 0.0492. The molecule has 0 bridgehead atoms. The van der Waals surface area contributed by atoms with Gasteiger partial charge in [0.15, 0.2) is 0 Å². The normalized spacial score (nSPS) is 33.8. The van der Waals surface area contributed by atoms with Gasteiger partial charge in [-0.15, -0.1) is 0 Å². The summed E-state index contributed by atoms with van der Waals surface area (Å²) in [5.74, 6) is 0. The van der Waals surface area contributed by atoms with Crippen molar-refractivity contribution in [1.82, 2.24) is 0 Å². The molecular formula is C9H19BO2. The molecule has 0 radical (unpaired) electrons. The first-order valence-electron chi connectivity index (χ1n) is 5.17. The van der Waals surface area contributed by atoms with Crippen LogP contribution in [-0.2, 0) is 9.31 Å². The molecule has 1 saturated carbocycles. The van der Waals surface area contributed by atoms with Gasteiger partial charge < -0.3 is 9.31 Å². The molecule has 0 N–H and O–H groups in total. The highest BCUT2D eigenvalue weighted by molar-refractivity contribution is 6.43. The predicted molar refractivity (Wildman–Crippen MR) is 51.2 cm³/mol. The van der Waals surface area contributed by atoms with Crippen LogP contribution in [0.2, 0.25) is 6.82 Å². The quantitative estimate of drug-likeness (QED) is 0.520. The van der Waals surface area contributed by atoms with Crippen molar-refractivity contribution < 1.29 is 9.31 Å². The smallest absolute Gasteiger partial charge is 0.406 e. The van der Waals surface area contributed by atoms with Gasteiger partial charge in [0, 0.05) is 0 Å². The molecular weight excluding hydrogens is 151 g/mol. The third kappa shape index (κ3) is 2.24. The maximum absolute atomic E-state index is 5.54. The molecule has 1 aliphatic carbocycles. The fraction of sp³-hybridized carbons (Fsp3) is 1.00. The Morgan fingerprint density at radius 1 is 1.00 bits per heavy atom. The van der Waals surface area contributed by atoms with Crippen LogP contribution in [0.5, 0.6) is 0 Å². The largest absolute Gasteiger partial charge is 0.454 e. The summed E-state index contributed by atoms with van der Waals surface area (Å²) in [6.07, 6.45) is 5.88. The zero-order valence-corrected chi connectivity index (χ0v) is 8.38. The summed E-state index contributed by atoms with van der Waals surface area (Å²) < 4.78 is 11.1. The van der Waals surface area contributed by atoms with Gasteiger partial charge >= 0.3 is 7.12 Å². The lowest BCUT2D eigenvalue weighted by Gasteiger charge is -2.22. The van der Waals surface area contributed by atoms with E-state index in [0.29, 0.717) is 12.2 Å². The topological polar surface area (TPSA) is 18.5 Å². The van der Waals surface area contributed by atoms with E-state index in [1.807, 2.05) is 20.7 Å². The van der Waals surface area contributed by atoms with E-state index in [1.54, 1.807) is 0 Å². The SMILES string of the molecule is CB1OC2CCCCC2O1.CC. The molecule has 0 aromatic heterocycles. The second kappa shape index (κ2) is 4.88. The number of rotatable bonds is 0. The van der Waals surface area contributed by atoms with Crippen LogP contribution in [0.1, 0.15) is 39.5 Å². The minimum absolute atomic E-state index is 0.0492. The molecule has 0 amide bonds. The number of hydrogen-bond acceptors (Lipinski definition) is 2. The molecule has 0 aromatic carbocycles. The molecule has 2 atom stereocenters. The van der Waals surface area contributed by atoms with E-state index in [9.17, 15) is 0 Å². The second-order valence-electron chi connectivity index (χ2n) is 3.20. The van der Waals surface area contributed by atoms with Gasteiger partial charge in [0.1, 0.15) is 0 Å². The highest BCUT2D eigenvalue weighted by Crippen LogP contribution is 2.29. The number of hydrogen-bond donors (Lipinski definition) is 0. The Balaban J connectivity index is 0.000000336. The van der Waals surface area contributed by atoms with Crippen molar-refractivity contribution in [2.45, 2.75) is 58.6 Å². The van der Waals surface area contributed by atoms with E-state index in [1.165, 1.54) is 25.7 Å². The Kier molecular flexibility index (Phi) is 4.09. The lowest BCUT2D eigenvalue weighted by atomic mass is 9.95. The van der Waals surface area contributed by atoms with E-state index in [-0.39, 0.29) is 7.12 Å². The molecule has 2 rings (SSSR count). The zero-order valence-electron chi connectivity index (χ0n) is 8.38. The van der Waals surface area contributed by atoms with Crippen molar-refractivity contribution in [2.75, 3.05) is 0 Å². The monoisotopic (exact) mass is 170 g/mol. The molecule has 0 spiro atoms. The van der Waals surface area contributed by atoms with Crippen molar-refractivity contribution in [2.24, 2.45) is 0 Å². The molecule has 12 heavy (non-hydrogen) atoms. The van der Waals surface area contributed by atoms with Gasteiger partial charge in [-0.3, -0.25) is 0 Å². The van der Waals surface area contributed by atoms with E-state index in [0.717, 1.165) is 0 Å². The van der Waals surface area contributed by atoms with Crippen molar-refractivity contribution in [3.05, 3.63) is 0 Å². The summed E-state index contributed by atoms with van der Waals surface area (Å²) in [6.45, 7) is 5.98. The summed E-state index contributed by atoms with van der Waals surface area (Å²) in [4.78, 5) is 0. The molecule has 2 unspecified atom stereocenters. The van der Waals surface area contributed by atoms with Crippen molar-refractivity contribution in [3.8, 4) is 0 Å². The second-order valence-corrected chi connectivity index (χ2v) is 3.20. The lowest BCUT2D eigenvalue weighted by molar-refractivity contribution is 0.110. The van der Waals surface area contributed by atoms with E-state index < -0.39 is 0 Å². The van der Waals surface area contributed by atoms with Crippen LogP contribution in [0.3, 0.4) is 0 Å². The van der Waals surface area contributed by atoms with Gasteiger partial charge in [0.25, 0.3) is 0 Å². The lowest BCUT2D eigenvalue weighted by Crippen LogP contribution is -2.25. The minimum atomic E-state index is 0.0492. The molecule has 70 valence electrons. The summed E-state index contributed by atoms with van der Waals surface area (Å²) >= 11 is 0. The standard InChI is InChI=1S/C7H13BO2.C2H6/c1-8-9-6-4-2-3-5-7(6)10-8;1-2/h6-7H,2-5H2,1H3;1-2H3. The van der Waals surface area contributed by atoms with Crippen LogP contribution in [0, 0.1) is 0 Å². The Morgan fingerprint density at radius 2 is 1.42 bits per heavy atom. The summed E-state index contributed by atoms with van der Waals surface area (Å²) in [5.41, 5.74) is 0. The van der Waals surface area contributed by atoms with Gasteiger partial charge in [0.05, 0.1) is 12.2 Å². The fourth-order valence-electron chi connectivity index (χ4n) is 1.90. The van der Waals surface area contributed by atoms with Gasteiger partial charge in [-0.25, -0.2) is 0 Å². The zero-order chi connectivity index (χ0) is 8.97. The molecule has 0 aromatic rings. The Labute approximate surface area is 75.8 Å². The summed E-state index contributed by atoms with van der Waals surface area (Å²) in [5, 5.41) is 0. The maximum atomic E-state index is 5.54. The third-order valence-corrected chi connectivity index (χ3v) is 2.37. The van der Waals surface area contributed by atoms with Crippen LogP contribution in [0.15, 0.2) is 0 Å². The molecule has 2 aliphatic rings. The molecule has 3 heteroatoms. The van der Waals surface area contributed by atoms with Crippen LogP contribution in [-0.4, -0.2) is 19.3 Å². The van der Waals surface area contributed by atoms with E-state index in [4.69, 9.17) is 9.31 Å². The Bertz CT molecular complexity index is 116. The Hall–Kier alpha value is -0.0151. The van der Waals surface area contributed by atoms with Gasteiger partial charge in [-0.05, 0) is 19.7 Å². The van der Waals surface area contributed by atoms with Crippen molar-refractivity contribution >= 4 is 7.12 Å². The van der Waals surface area contributed by atoms with Crippen LogP contribution >= 0.6 is 0 Å². The predicted octanol–water partition coefficient (Wildman–Crippen LogP) is 2.49. The molecule has 1 heterocycles. The van der Waals surface area contributed by atoms with E-state index >= 15 is 0 Å². The summed E-state index contributed by atoms with van der Waals surface area (Å²) in [6, 6.07) is 0. The van der Waals surface area contributed by atoms with Crippen LogP contribution < -0.4 is 0 Å². The minimum Gasteiger partial charge on any atom is -0.406 e. The highest BCUT2D eigenvalue weighted by Gasteiger charge is 2.37. The first kappa shape index (κ1) is 10.1. The van der Waals surface area contributed by atoms with Crippen LogP contribution in [0.25, 0.3) is 0 Å². The first-order chi connectivity index (χ1) is 5.86. The molecule has 1 aliphatic heterocycles. The van der Waals surface area contributed by atoms with Crippen LogP contribution in [0.4, 0.5) is 0 Å². The van der Waals surface area contributed by atoms with Crippen molar-refractivity contribution in [3.63, 3.8) is 0 Å². The van der Waals surface area contributed by atoms with Gasteiger partial charge in [0.2, 0.25) is 0 Å². The Morgan fingerprint density at radius 3 is 1.83 bits per heavy atom. The fourth-order valence-corrected chi connectivity index (χ4v) is 1.90. The average Bonchev–Trinajstić information content (AvgIpc) is 2.48. The van der Waals surface area contributed by atoms with Gasteiger partial charge in [-0.2, -0.15) is 0 Å². The first-order valence-corrected chi connectivity index (χ1v) is 5.17. The van der Waals surface area contributed by atoms with Gasteiger partial charge in [-0.1, -0.05) is 26.7 Å². The third-order valence-electron chi connectivity index (χ3n) is 2.37. The average molecular weight is 170 g/mol. The van der Waals surface area contributed by atoms with Crippen molar-refractivity contribution in [1.29, 1.82) is 0 Å². The maximum Gasteiger partial charge on any atom is 0.454 e. The van der Waals surface area contributed by atoms with E-state index in [2.05, 4.69) is 0 Å².